The van der Waals surface area contributed by atoms with Crippen molar-refractivity contribution in [1.29, 1.82) is 0 Å². The predicted octanol–water partition coefficient (Wildman–Crippen LogP) is 1.75. The lowest BCUT2D eigenvalue weighted by atomic mass is 9.98. The van der Waals surface area contributed by atoms with Crippen molar-refractivity contribution >= 4 is 22.9 Å². The number of aliphatic hydroxyl groups is 1. The Kier molecular flexibility index (Phi) is 5.60. The highest BCUT2D eigenvalue weighted by Crippen LogP contribution is 2.30. The lowest BCUT2D eigenvalue weighted by Crippen LogP contribution is -2.51. The molecule has 4 rings (SSSR count). The molecule has 0 unspecified atom stereocenters. The fourth-order valence-electron chi connectivity index (χ4n) is 3.44. The summed E-state index contributed by atoms with van der Waals surface area (Å²) in [7, 11) is 0. The minimum Gasteiger partial charge on any atom is -0.388 e. The summed E-state index contributed by atoms with van der Waals surface area (Å²) in [6, 6.07) is 8.15. The molecule has 4 atom stereocenters. The van der Waals surface area contributed by atoms with Crippen molar-refractivity contribution < 1.29 is 25.1 Å². The zero-order chi connectivity index (χ0) is 21.8. The summed E-state index contributed by atoms with van der Waals surface area (Å²) in [6.45, 7) is -0.918. The molecule has 3 heterocycles. The largest absolute Gasteiger partial charge is 0.388 e. The van der Waals surface area contributed by atoms with Crippen LogP contribution in [0.5, 0.6) is 0 Å². The van der Waals surface area contributed by atoms with Crippen LogP contribution in [0.4, 0.5) is 10.2 Å². The highest BCUT2D eigenvalue weighted by molar-refractivity contribution is 6.06. The fraction of sp³-hybridized carbons (Fsp3) is 0.400. The predicted molar refractivity (Wildman–Crippen MR) is 106 cm³/mol. The first-order valence-electron chi connectivity index (χ1n) is 10.1. The highest BCUT2D eigenvalue weighted by atomic mass is 19.1. The van der Waals surface area contributed by atoms with Gasteiger partial charge in [0.05, 0.1) is 31.7 Å². The van der Waals surface area contributed by atoms with Crippen LogP contribution in [-0.4, -0.2) is 68.7 Å². The van der Waals surface area contributed by atoms with E-state index in [0.717, 1.165) is 0 Å². The van der Waals surface area contributed by atoms with E-state index in [4.69, 9.17) is 10.8 Å². The Morgan fingerprint density at radius 1 is 1.40 bits per heavy atom. The van der Waals surface area contributed by atoms with Gasteiger partial charge in [-0.1, -0.05) is 18.2 Å². The van der Waals surface area contributed by atoms with E-state index in [0.29, 0.717) is 16.7 Å². The van der Waals surface area contributed by atoms with E-state index in [9.17, 15) is 14.3 Å². The number of imidazole rings is 1. The first kappa shape index (κ1) is 19.0. The molecule has 158 valence electrons. The number of aromatic nitrogens is 4. The van der Waals surface area contributed by atoms with E-state index in [2.05, 4.69) is 20.3 Å². The maximum atomic E-state index is 12.7. The summed E-state index contributed by atoms with van der Waals surface area (Å²) in [5, 5.41) is 13.3. The average Bonchev–Trinajstić information content (AvgIpc) is 3.23. The molecule has 0 spiro atoms. The number of alkyl halides is 1. The van der Waals surface area contributed by atoms with Crippen molar-refractivity contribution in [1.82, 2.24) is 19.5 Å². The monoisotopic (exact) mass is 416 g/mol. The van der Waals surface area contributed by atoms with Gasteiger partial charge in [-0.05, 0) is 19.0 Å². The number of benzene rings is 1. The van der Waals surface area contributed by atoms with Crippen molar-refractivity contribution in [2.45, 2.75) is 31.3 Å². The molecule has 0 aliphatic carbocycles. The number of fused-ring (bicyclic) bond motifs is 1. The fourth-order valence-corrected chi connectivity index (χ4v) is 3.44. The van der Waals surface area contributed by atoms with Crippen molar-refractivity contribution in [2.24, 2.45) is 0 Å². The molecule has 1 aliphatic heterocycles. The Balaban J connectivity index is 1.64. The summed E-state index contributed by atoms with van der Waals surface area (Å²) in [5.74, 6) is -0.103. The molecule has 10 heteroatoms. The smallest absolute Gasteiger partial charge is 0.256 e. The van der Waals surface area contributed by atoms with E-state index in [1.54, 1.807) is 28.8 Å². The number of nitrogens with zero attached hydrogens (tertiary/aromatic N) is 4. The Morgan fingerprint density at radius 3 is 3.00 bits per heavy atom. The van der Waals surface area contributed by atoms with Gasteiger partial charge < -0.3 is 24.5 Å². The molecule has 0 bridgehead atoms. The molecular weight excluding hydrogens is 393 g/mol. The summed E-state index contributed by atoms with van der Waals surface area (Å²) in [4.78, 5) is 25.3. The molecule has 3 aromatic rings. The molecule has 30 heavy (non-hydrogen) atoms. The van der Waals surface area contributed by atoms with Crippen LogP contribution in [0, 0.1) is 0 Å². The van der Waals surface area contributed by atoms with Crippen molar-refractivity contribution in [3.05, 3.63) is 48.5 Å². The number of hydrogen-bond acceptors (Lipinski definition) is 7. The summed E-state index contributed by atoms with van der Waals surface area (Å²) >= 11 is 0. The molecule has 1 aliphatic rings. The van der Waals surface area contributed by atoms with Gasteiger partial charge in [-0.15, -0.1) is 0 Å². The second-order valence-corrected chi connectivity index (χ2v) is 6.82. The Bertz CT molecular complexity index is 1040. The van der Waals surface area contributed by atoms with Gasteiger partial charge in [0.25, 0.3) is 5.91 Å². The third-order valence-electron chi connectivity index (χ3n) is 4.95. The number of amides is 1. The number of carbonyl (C=O) groups excluding carboxylic acids is 1. The first-order chi connectivity index (χ1) is 15.1. The van der Waals surface area contributed by atoms with Gasteiger partial charge >= 0.3 is 0 Å². The molecular formula is C20H22FN5O4. The highest BCUT2D eigenvalue weighted by Gasteiger charge is 2.40. The molecule has 0 radical (unpaired) electrons. The molecule has 0 saturated carbocycles. The van der Waals surface area contributed by atoms with Crippen LogP contribution in [0.3, 0.4) is 0 Å². The average molecular weight is 416 g/mol. The lowest BCUT2D eigenvalue weighted by Gasteiger charge is -2.39. The van der Waals surface area contributed by atoms with E-state index < -0.39 is 31.0 Å². The zero-order valence-electron chi connectivity index (χ0n) is 17.0. The molecule has 1 fully saturated rings. The summed E-state index contributed by atoms with van der Waals surface area (Å²) in [5.41, 5.74) is 1.23. The molecule has 2 N–H and O–H groups in total. The SMILES string of the molecule is [2H]C[C@H]1OC[C@@H](n2cnc3c(NC(=O)c4ccccc4)ncnc32)[C@H](OCCF)[C@@H]1O. The number of halogens is 1. The summed E-state index contributed by atoms with van der Waals surface area (Å²) in [6.07, 6.45) is 0.135. The maximum absolute atomic E-state index is 12.7. The van der Waals surface area contributed by atoms with Crippen LogP contribution in [-0.2, 0) is 9.47 Å². The zero-order valence-corrected chi connectivity index (χ0v) is 16.0. The van der Waals surface area contributed by atoms with Gasteiger partial charge in [0.2, 0.25) is 0 Å². The van der Waals surface area contributed by atoms with Crippen LogP contribution in [0.15, 0.2) is 43.0 Å². The maximum Gasteiger partial charge on any atom is 0.256 e. The van der Waals surface area contributed by atoms with E-state index >= 15 is 0 Å². The summed E-state index contributed by atoms with van der Waals surface area (Å²) < 4.78 is 33.1. The van der Waals surface area contributed by atoms with Gasteiger partial charge in [-0.25, -0.2) is 19.3 Å². The quantitative estimate of drug-likeness (QED) is 0.630. The van der Waals surface area contributed by atoms with Crippen LogP contribution < -0.4 is 5.32 Å². The van der Waals surface area contributed by atoms with Crippen LogP contribution in [0.2, 0.25) is 0 Å². The molecule has 2 aromatic heterocycles. The number of ether oxygens (including phenoxy) is 2. The van der Waals surface area contributed by atoms with Gasteiger partial charge in [0, 0.05) is 6.93 Å². The number of carbonyl (C=O) groups is 1. The second-order valence-electron chi connectivity index (χ2n) is 6.82. The molecule has 1 aromatic carbocycles. The van der Waals surface area contributed by atoms with E-state index in [1.807, 2.05) is 6.07 Å². The number of hydrogen-bond donors (Lipinski definition) is 2. The minimum atomic E-state index is -1.11. The van der Waals surface area contributed by atoms with Crippen LogP contribution >= 0.6 is 0 Å². The number of aliphatic hydroxyl groups excluding tert-OH is 1. The first-order valence-corrected chi connectivity index (χ1v) is 9.44. The molecule has 1 amide bonds. The lowest BCUT2D eigenvalue weighted by molar-refractivity contribution is -0.172. The Hall–Kier alpha value is -2.95. The standard InChI is InChI=1S/C20H22FN5O4/c1-12-16(27)17(29-8-7-21)14(9-30-12)26-11-24-15-18(22-10-23-19(15)26)25-20(28)13-5-3-2-4-6-13/h2-6,10-12,14,16-17,27H,7-9H2,1H3,(H,22,23,25,28)/t12-,14-,16-,17+/m1/s1/i1D. The van der Waals surface area contributed by atoms with Crippen molar-refractivity contribution in [2.75, 3.05) is 25.2 Å². The van der Waals surface area contributed by atoms with E-state index in [-0.39, 0.29) is 31.8 Å². The Morgan fingerprint density at radius 2 is 2.23 bits per heavy atom. The number of nitrogens with one attached hydrogen (secondary N) is 1. The molecule has 1 saturated heterocycles. The molecule has 9 nitrogen and oxygen atoms in total. The third-order valence-corrected chi connectivity index (χ3v) is 4.95. The van der Waals surface area contributed by atoms with Crippen molar-refractivity contribution in [3.63, 3.8) is 0 Å². The Labute approximate surface area is 173 Å². The van der Waals surface area contributed by atoms with Crippen LogP contribution in [0.25, 0.3) is 11.2 Å². The normalized spacial score (nSPS) is 24.5. The number of rotatable bonds is 6. The minimum absolute atomic E-state index is 0.124. The van der Waals surface area contributed by atoms with Crippen LogP contribution in [0.1, 0.15) is 24.7 Å². The van der Waals surface area contributed by atoms with Gasteiger partial charge in [0.15, 0.2) is 17.0 Å². The van der Waals surface area contributed by atoms with Crippen molar-refractivity contribution in [3.8, 4) is 0 Å². The second kappa shape index (κ2) is 8.82. The third kappa shape index (κ3) is 3.89. The van der Waals surface area contributed by atoms with E-state index in [1.165, 1.54) is 12.7 Å². The van der Waals surface area contributed by atoms with Gasteiger partial charge in [-0.2, -0.15) is 0 Å². The number of anilines is 1. The van der Waals surface area contributed by atoms with Gasteiger partial charge in [0.1, 0.15) is 25.2 Å². The van der Waals surface area contributed by atoms with Gasteiger partial charge in [-0.3, -0.25) is 4.79 Å². The topological polar surface area (TPSA) is 111 Å².